The third-order valence-corrected chi connectivity index (χ3v) is 3.00. The molecule has 0 aromatic heterocycles. The predicted octanol–water partition coefficient (Wildman–Crippen LogP) is 4.23. The topological polar surface area (TPSA) is 38.4 Å². The Kier molecular flexibility index (Phi) is 6.08. The fourth-order valence-corrected chi connectivity index (χ4v) is 1.77. The summed E-state index contributed by atoms with van der Waals surface area (Å²) in [6.07, 6.45) is 3.39. The molecule has 0 N–H and O–H groups in total. The Morgan fingerprint density at radius 3 is 2.69 bits per heavy atom. The molecule has 0 heterocycles. The molecule has 0 aliphatic carbocycles. The molecule has 1 rings (SSSR count). The van der Waals surface area contributed by atoms with Gasteiger partial charge in [-0.2, -0.15) is 0 Å². The molecule has 88 valence electrons. The third kappa shape index (κ3) is 4.75. The van der Waals surface area contributed by atoms with Crippen LogP contribution >= 0.6 is 15.9 Å². The van der Waals surface area contributed by atoms with Crippen LogP contribution in [0, 0.1) is 5.21 Å². The fourth-order valence-electron chi connectivity index (χ4n) is 1.32. The number of rotatable bonds is 6. The summed E-state index contributed by atoms with van der Waals surface area (Å²) in [5, 5.41) is 15.5. The summed E-state index contributed by atoms with van der Waals surface area (Å²) >= 11 is 3.52. The molecule has 0 saturated heterocycles. The number of azo groups is 1. The number of hydrogen-bond acceptors (Lipinski definition) is 2. The maximum absolute atomic E-state index is 11.6. The highest BCUT2D eigenvalue weighted by Gasteiger charge is 2.06. The lowest BCUT2D eigenvalue weighted by Gasteiger charge is -2.04. The molecule has 16 heavy (non-hydrogen) atoms. The first-order valence-electron chi connectivity index (χ1n) is 5.57. The van der Waals surface area contributed by atoms with Gasteiger partial charge in [0.25, 0.3) is 0 Å². The van der Waals surface area contributed by atoms with Crippen LogP contribution in [-0.4, -0.2) is 16.2 Å². The number of benzene rings is 1. The van der Waals surface area contributed by atoms with Crippen molar-refractivity contribution in [3.8, 4) is 0 Å². The minimum absolute atomic E-state index is 0.299. The first-order valence-corrected chi connectivity index (χ1v) is 6.49. The number of para-hydroxylation sites is 1. The second kappa shape index (κ2) is 7.39. The van der Waals surface area contributed by atoms with Crippen LogP contribution in [0.4, 0.5) is 5.69 Å². The Morgan fingerprint density at radius 1 is 1.38 bits per heavy atom. The minimum Gasteiger partial charge on any atom is -0.594 e. The van der Waals surface area contributed by atoms with Gasteiger partial charge in [-0.3, -0.25) is 0 Å². The summed E-state index contributed by atoms with van der Waals surface area (Å²) in [5.74, 6) is 0. The second-order valence-corrected chi connectivity index (χ2v) is 4.97. The summed E-state index contributed by atoms with van der Waals surface area (Å²) in [5.41, 5.74) is 0.581. The van der Waals surface area contributed by atoms with E-state index in [1.54, 1.807) is 12.1 Å². The lowest BCUT2D eigenvalue weighted by molar-refractivity contribution is -0.442. The number of halogens is 1. The summed E-state index contributed by atoms with van der Waals surface area (Å²) in [6, 6.07) is 9.06. The Bertz CT molecular complexity index is 327. The molecule has 0 radical (unpaired) electrons. The molecule has 0 aliphatic heterocycles. The number of hydrogen-bond donors (Lipinski definition) is 0. The van der Waals surface area contributed by atoms with E-state index in [2.05, 4.69) is 28.0 Å². The molecule has 0 fully saturated rings. The lowest BCUT2D eigenvalue weighted by atomic mass is 10.2. The van der Waals surface area contributed by atoms with Crippen molar-refractivity contribution < 1.29 is 4.86 Å². The van der Waals surface area contributed by atoms with Gasteiger partial charge in [-0.1, -0.05) is 58.8 Å². The van der Waals surface area contributed by atoms with E-state index in [1.165, 1.54) is 6.42 Å². The standard InChI is InChI=1S/C12H17BrN2O/c1-2-3-7-11(13)10-14-15(16)12-8-5-4-6-9-12/h4-6,8-9,11H,2-3,7,10H2,1H3/t11-/m0/s1. The van der Waals surface area contributed by atoms with Crippen molar-refractivity contribution in [1.82, 2.24) is 0 Å². The van der Waals surface area contributed by atoms with Gasteiger partial charge in [0.15, 0.2) is 0 Å². The molecule has 0 saturated carbocycles. The number of unbranched alkanes of at least 4 members (excludes halogenated alkanes) is 1. The molecule has 4 heteroatoms. The van der Waals surface area contributed by atoms with Crippen LogP contribution in [0.1, 0.15) is 26.2 Å². The second-order valence-electron chi connectivity index (χ2n) is 3.67. The predicted molar refractivity (Wildman–Crippen MR) is 69.3 cm³/mol. The zero-order valence-corrected chi connectivity index (χ0v) is 11.1. The third-order valence-electron chi connectivity index (χ3n) is 2.26. The Balaban J connectivity index is 2.45. The van der Waals surface area contributed by atoms with Gasteiger partial charge in [0.05, 0.1) is 0 Å². The molecule has 0 bridgehead atoms. The first kappa shape index (κ1) is 13.2. The van der Waals surface area contributed by atoms with Crippen molar-refractivity contribution in [1.29, 1.82) is 0 Å². The molecular weight excluding hydrogens is 268 g/mol. The maximum atomic E-state index is 11.6. The van der Waals surface area contributed by atoms with Crippen molar-refractivity contribution in [2.75, 3.05) is 6.54 Å². The van der Waals surface area contributed by atoms with Crippen LogP contribution in [0.5, 0.6) is 0 Å². The summed E-state index contributed by atoms with van der Waals surface area (Å²) in [6.45, 7) is 2.68. The van der Waals surface area contributed by atoms with Gasteiger partial charge in [0.1, 0.15) is 6.54 Å². The summed E-state index contributed by atoms with van der Waals surface area (Å²) < 4.78 is 0. The van der Waals surface area contributed by atoms with Crippen LogP contribution < -0.4 is 0 Å². The Morgan fingerprint density at radius 2 is 2.06 bits per heavy atom. The van der Waals surface area contributed by atoms with Gasteiger partial charge in [-0.15, -0.1) is 0 Å². The molecule has 0 aliphatic rings. The minimum atomic E-state index is 0.299. The quantitative estimate of drug-likeness (QED) is 0.333. The average Bonchev–Trinajstić information content (AvgIpc) is 2.34. The van der Waals surface area contributed by atoms with E-state index in [4.69, 9.17) is 0 Å². The van der Waals surface area contributed by atoms with Crippen molar-refractivity contribution in [3.63, 3.8) is 0 Å². The Hall–Kier alpha value is -0.900. The average molecular weight is 285 g/mol. The maximum Gasteiger partial charge on any atom is 0.244 e. The zero-order valence-electron chi connectivity index (χ0n) is 9.47. The highest BCUT2D eigenvalue weighted by Crippen LogP contribution is 2.13. The molecule has 1 aromatic rings. The van der Waals surface area contributed by atoms with Crippen LogP contribution in [0.15, 0.2) is 35.4 Å². The zero-order chi connectivity index (χ0) is 11.8. The van der Waals surface area contributed by atoms with Gasteiger partial charge < -0.3 is 5.21 Å². The van der Waals surface area contributed by atoms with Gasteiger partial charge in [0.2, 0.25) is 5.69 Å². The molecular formula is C12H17BrN2O. The normalized spacial score (nSPS) is 13.8. The molecule has 1 atom stereocenters. The van der Waals surface area contributed by atoms with Crippen LogP contribution in [0.2, 0.25) is 0 Å². The molecule has 0 amide bonds. The molecule has 0 spiro atoms. The molecule has 1 aromatic carbocycles. The Labute approximate surface area is 105 Å². The monoisotopic (exact) mass is 284 g/mol. The van der Waals surface area contributed by atoms with E-state index in [0.717, 1.165) is 12.8 Å². The van der Waals surface area contributed by atoms with Crippen molar-refractivity contribution in [3.05, 3.63) is 35.5 Å². The highest BCUT2D eigenvalue weighted by atomic mass is 79.9. The highest BCUT2D eigenvalue weighted by molar-refractivity contribution is 9.09. The van der Waals surface area contributed by atoms with E-state index in [0.29, 0.717) is 21.9 Å². The van der Waals surface area contributed by atoms with Crippen molar-refractivity contribution >= 4 is 21.6 Å². The molecule has 0 unspecified atom stereocenters. The number of alkyl halides is 1. The summed E-state index contributed by atoms with van der Waals surface area (Å²) in [4.78, 5) is 0.993. The SMILES string of the molecule is CCCC[C@H](Br)CN=[N+]([O-])c1ccccc1. The largest absolute Gasteiger partial charge is 0.594 e. The van der Waals surface area contributed by atoms with E-state index in [9.17, 15) is 5.21 Å². The van der Waals surface area contributed by atoms with Gasteiger partial charge in [-0.25, -0.2) is 0 Å². The number of nitrogens with zero attached hydrogens (tertiary/aromatic N) is 2. The van der Waals surface area contributed by atoms with Crippen LogP contribution in [0.25, 0.3) is 0 Å². The van der Waals surface area contributed by atoms with E-state index in [1.807, 2.05) is 18.2 Å². The van der Waals surface area contributed by atoms with Gasteiger partial charge >= 0.3 is 0 Å². The van der Waals surface area contributed by atoms with E-state index < -0.39 is 0 Å². The van der Waals surface area contributed by atoms with Gasteiger partial charge in [0, 0.05) is 17.0 Å². The van der Waals surface area contributed by atoms with E-state index >= 15 is 0 Å². The lowest BCUT2D eigenvalue weighted by Crippen LogP contribution is -2.05. The van der Waals surface area contributed by atoms with Gasteiger partial charge in [-0.05, 0) is 11.5 Å². The first-order chi connectivity index (χ1) is 7.74. The smallest absolute Gasteiger partial charge is 0.244 e. The van der Waals surface area contributed by atoms with Crippen LogP contribution in [0.3, 0.4) is 0 Å². The molecule has 3 nitrogen and oxygen atoms in total. The van der Waals surface area contributed by atoms with Crippen LogP contribution in [-0.2, 0) is 0 Å². The van der Waals surface area contributed by atoms with Crippen molar-refractivity contribution in [2.45, 2.75) is 31.0 Å². The summed E-state index contributed by atoms with van der Waals surface area (Å²) in [7, 11) is 0. The van der Waals surface area contributed by atoms with E-state index in [-0.39, 0.29) is 0 Å². The van der Waals surface area contributed by atoms with Crippen molar-refractivity contribution in [2.24, 2.45) is 5.11 Å². The fraction of sp³-hybridized carbons (Fsp3) is 0.500.